The molecule has 0 aromatic heterocycles. The number of nitrogens with one attached hydrogen (secondary N) is 1. The van der Waals surface area contributed by atoms with Gasteiger partial charge >= 0.3 is 5.97 Å². The topological polar surface area (TPSA) is 47.6 Å². The highest BCUT2D eigenvalue weighted by Crippen LogP contribution is 2.36. The van der Waals surface area contributed by atoms with Crippen LogP contribution in [-0.4, -0.2) is 24.7 Å². The molecule has 0 bridgehead atoms. The molecule has 0 saturated carbocycles. The molecule has 0 radical (unpaired) electrons. The molecule has 1 saturated heterocycles. The lowest BCUT2D eigenvalue weighted by molar-refractivity contribution is -0.180. The zero-order valence-electron chi connectivity index (χ0n) is 14.8. The molecule has 1 N–H and O–H groups in total. The molecule has 132 valence electrons. The van der Waals surface area contributed by atoms with Crippen LogP contribution in [0.25, 0.3) is 0 Å². The maximum Gasteiger partial charge on any atom is 0.350 e. The Balaban J connectivity index is 1.80. The number of ether oxygens (including phenoxy) is 2. The van der Waals surface area contributed by atoms with Gasteiger partial charge in [-0.25, -0.2) is 4.79 Å². The van der Waals surface area contributed by atoms with E-state index in [4.69, 9.17) is 9.47 Å². The minimum Gasteiger partial charge on any atom is -0.476 e. The molecular weight excluding hydrogens is 314 g/mol. The third-order valence-corrected chi connectivity index (χ3v) is 4.61. The van der Waals surface area contributed by atoms with E-state index in [0.29, 0.717) is 5.75 Å². The average molecular weight is 339 g/mol. The summed E-state index contributed by atoms with van der Waals surface area (Å²) in [5, 5.41) is 3.34. The summed E-state index contributed by atoms with van der Waals surface area (Å²) in [5.41, 5.74) is -0.616. The summed E-state index contributed by atoms with van der Waals surface area (Å²) >= 11 is 0. The Bertz CT molecular complexity index is 692. The van der Waals surface area contributed by atoms with Gasteiger partial charge in [0.15, 0.2) is 5.60 Å². The third-order valence-electron chi connectivity index (χ3n) is 4.61. The zero-order chi connectivity index (χ0) is 17.8. The first-order valence-corrected chi connectivity index (χ1v) is 8.76. The predicted octanol–water partition coefficient (Wildman–Crippen LogP) is 3.67. The molecule has 1 fully saturated rings. The van der Waals surface area contributed by atoms with Crippen molar-refractivity contribution in [1.29, 1.82) is 0 Å². The molecule has 1 heterocycles. The van der Waals surface area contributed by atoms with Crippen molar-refractivity contribution < 1.29 is 14.3 Å². The molecule has 3 rings (SSSR count). The van der Waals surface area contributed by atoms with Crippen LogP contribution in [0.3, 0.4) is 0 Å². The van der Waals surface area contributed by atoms with Crippen molar-refractivity contribution in [2.24, 2.45) is 0 Å². The standard InChI is InChI=1S/C21H25NO3/c1-20(2,24-18-11-7-4-8-12-18)19(23)25-21(13-15-22-16-14-21)17-9-5-3-6-10-17/h3-12,22H,13-16H2,1-2H3. The summed E-state index contributed by atoms with van der Waals surface area (Å²) in [6.45, 7) is 5.15. The lowest BCUT2D eigenvalue weighted by Crippen LogP contribution is -2.48. The van der Waals surface area contributed by atoms with E-state index in [9.17, 15) is 4.79 Å². The number of piperidine rings is 1. The quantitative estimate of drug-likeness (QED) is 0.845. The fourth-order valence-electron chi connectivity index (χ4n) is 3.15. The van der Waals surface area contributed by atoms with E-state index in [1.165, 1.54) is 0 Å². The van der Waals surface area contributed by atoms with Crippen LogP contribution in [-0.2, 0) is 15.1 Å². The van der Waals surface area contributed by atoms with Crippen molar-refractivity contribution in [2.45, 2.75) is 37.9 Å². The van der Waals surface area contributed by atoms with Crippen LogP contribution < -0.4 is 10.1 Å². The van der Waals surface area contributed by atoms with E-state index in [1.807, 2.05) is 60.7 Å². The molecule has 2 aromatic carbocycles. The average Bonchev–Trinajstić information content (AvgIpc) is 2.64. The van der Waals surface area contributed by atoms with Crippen molar-refractivity contribution in [1.82, 2.24) is 5.32 Å². The van der Waals surface area contributed by atoms with Gasteiger partial charge in [-0.3, -0.25) is 0 Å². The summed E-state index contributed by atoms with van der Waals surface area (Å²) in [4.78, 5) is 12.9. The number of hydrogen-bond acceptors (Lipinski definition) is 4. The molecule has 1 aliphatic rings. The van der Waals surface area contributed by atoms with Crippen molar-refractivity contribution in [3.05, 3.63) is 66.2 Å². The molecule has 0 unspecified atom stereocenters. The van der Waals surface area contributed by atoms with Crippen LogP contribution in [0.4, 0.5) is 0 Å². The largest absolute Gasteiger partial charge is 0.476 e. The minimum atomic E-state index is -1.06. The van der Waals surface area contributed by atoms with Gasteiger partial charge in [0.05, 0.1) is 0 Å². The molecule has 1 aliphatic heterocycles. The van der Waals surface area contributed by atoms with Crippen LogP contribution in [0.15, 0.2) is 60.7 Å². The first kappa shape index (κ1) is 17.5. The predicted molar refractivity (Wildman–Crippen MR) is 97.5 cm³/mol. The van der Waals surface area contributed by atoms with Crippen molar-refractivity contribution in [3.8, 4) is 5.75 Å². The fraction of sp³-hybridized carbons (Fsp3) is 0.381. The van der Waals surface area contributed by atoms with Gasteiger partial charge in [-0.15, -0.1) is 0 Å². The van der Waals surface area contributed by atoms with Crippen molar-refractivity contribution in [3.63, 3.8) is 0 Å². The van der Waals surface area contributed by atoms with E-state index in [0.717, 1.165) is 31.5 Å². The Morgan fingerprint density at radius 3 is 2.12 bits per heavy atom. The van der Waals surface area contributed by atoms with E-state index in [1.54, 1.807) is 13.8 Å². The van der Waals surface area contributed by atoms with Crippen LogP contribution in [0.1, 0.15) is 32.3 Å². The van der Waals surface area contributed by atoms with E-state index in [-0.39, 0.29) is 5.97 Å². The number of carbonyl (C=O) groups excluding carboxylic acids is 1. The second-order valence-corrected chi connectivity index (χ2v) is 6.93. The lowest BCUT2D eigenvalue weighted by Gasteiger charge is -2.39. The van der Waals surface area contributed by atoms with Gasteiger partial charge in [-0.05, 0) is 44.6 Å². The molecule has 0 aliphatic carbocycles. The summed E-state index contributed by atoms with van der Waals surface area (Å²) in [6, 6.07) is 19.4. The summed E-state index contributed by atoms with van der Waals surface area (Å²) in [5.74, 6) is 0.311. The summed E-state index contributed by atoms with van der Waals surface area (Å²) in [6.07, 6.45) is 1.51. The smallest absolute Gasteiger partial charge is 0.350 e. The highest BCUT2D eigenvalue weighted by molar-refractivity contribution is 5.79. The minimum absolute atomic E-state index is 0.345. The number of para-hydroxylation sites is 1. The number of rotatable bonds is 5. The second-order valence-electron chi connectivity index (χ2n) is 6.93. The summed E-state index contributed by atoms with van der Waals surface area (Å²) < 4.78 is 12.0. The summed E-state index contributed by atoms with van der Waals surface area (Å²) in [7, 11) is 0. The van der Waals surface area contributed by atoms with Gasteiger partial charge in [0.1, 0.15) is 11.4 Å². The Morgan fingerprint density at radius 1 is 0.960 bits per heavy atom. The van der Waals surface area contributed by atoms with Crippen LogP contribution >= 0.6 is 0 Å². The molecule has 0 amide bonds. The van der Waals surface area contributed by atoms with Crippen LogP contribution in [0.2, 0.25) is 0 Å². The molecular formula is C21H25NO3. The van der Waals surface area contributed by atoms with Gasteiger partial charge in [0.25, 0.3) is 0 Å². The molecule has 25 heavy (non-hydrogen) atoms. The maximum absolute atomic E-state index is 12.9. The third kappa shape index (κ3) is 4.02. The number of hydrogen-bond donors (Lipinski definition) is 1. The fourth-order valence-corrected chi connectivity index (χ4v) is 3.15. The number of carbonyl (C=O) groups is 1. The van der Waals surface area contributed by atoms with Crippen LogP contribution in [0.5, 0.6) is 5.75 Å². The Morgan fingerprint density at radius 2 is 1.52 bits per heavy atom. The molecule has 0 spiro atoms. The molecule has 0 atom stereocenters. The van der Waals surface area contributed by atoms with E-state index < -0.39 is 11.2 Å². The highest BCUT2D eigenvalue weighted by atomic mass is 16.6. The van der Waals surface area contributed by atoms with E-state index in [2.05, 4.69) is 5.32 Å². The van der Waals surface area contributed by atoms with Crippen molar-refractivity contribution >= 4 is 5.97 Å². The Labute approximate surface area is 149 Å². The monoisotopic (exact) mass is 339 g/mol. The highest BCUT2D eigenvalue weighted by Gasteiger charge is 2.42. The maximum atomic E-state index is 12.9. The Kier molecular flexibility index (Phi) is 5.09. The van der Waals surface area contributed by atoms with Gasteiger partial charge in [-0.2, -0.15) is 0 Å². The number of esters is 1. The van der Waals surface area contributed by atoms with Gasteiger partial charge in [0, 0.05) is 12.8 Å². The molecule has 4 nitrogen and oxygen atoms in total. The SMILES string of the molecule is CC(C)(Oc1ccccc1)C(=O)OC1(c2ccccc2)CCNCC1. The first-order chi connectivity index (χ1) is 12.0. The molecule has 4 heteroatoms. The van der Waals surface area contributed by atoms with Gasteiger partial charge in [0.2, 0.25) is 0 Å². The van der Waals surface area contributed by atoms with E-state index >= 15 is 0 Å². The van der Waals surface area contributed by atoms with Crippen molar-refractivity contribution in [2.75, 3.05) is 13.1 Å². The lowest BCUT2D eigenvalue weighted by atomic mass is 9.84. The number of benzene rings is 2. The normalized spacial score (nSPS) is 16.9. The Hall–Kier alpha value is -2.33. The van der Waals surface area contributed by atoms with Crippen LogP contribution in [0, 0.1) is 0 Å². The second kappa shape index (κ2) is 7.28. The zero-order valence-corrected chi connectivity index (χ0v) is 14.8. The molecule has 2 aromatic rings. The van der Waals surface area contributed by atoms with Gasteiger partial charge < -0.3 is 14.8 Å². The first-order valence-electron chi connectivity index (χ1n) is 8.76. The van der Waals surface area contributed by atoms with Gasteiger partial charge in [-0.1, -0.05) is 48.5 Å².